The molecule has 2 heterocycles. The van der Waals surface area contributed by atoms with E-state index in [0.29, 0.717) is 13.0 Å². The van der Waals surface area contributed by atoms with Gasteiger partial charge < -0.3 is 10.1 Å². The molecule has 1 unspecified atom stereocenters. The lowest BCUT2D eigenvalue weighted by Gasteiger charge is -2.48. The van der Waals surface area contributed by atoms with Crippen LogP contribution >= 0.6 is 0 Å². The van der Waals surface area contributed by atoms with Crippen molar-refractivity contribution >= 4 is 11.9 Å². The molecule has 19 heavy (non-hydrogen) atoms. The standard InChI is InChI=1S/C15H17NO3/c1-3-19-14(18)15(2)8-11-9-6-4-5-7-10(9)12(15)13(17)16-11/h4-7,11-12H,3,8H2,1-2H3,(H,16,17)/t11-,12?,15+/m0/s1. The maximum atomic E-state index is 12.3. The van der Waals surface area contributed by atoms with Crippen molar-refractivity contribution in [2.24, 2.45) is 5.41 Å². The van der Waals surface area contributed by atoms with E-state index in [1.54, 1.807) is 6.92 Å². The molecular weight excluding hydrogens is 242 g/mol. The minimum atomic E-state index is -0.753. The second-order valence-electron chi connectivity index (χ2n) is 5.47. The summed E-state index contributed by atoms with van der Waals surface area (Å²) in [6.07, 6.45) is 0.610. The molecule has 0 radical (unpaired) electrons. The first-order valence-electron chi connectivity index (χ1n) is 6.64. The molecule has 2 aliphatic heterocycles. The van der Waals surface area contributed by atoms with Crippen molar-refractivity contribution in [3.63, 3.8) is 0 Å². The van der Waals surface area contributed by atoms with Crippen LogP contribution in [0.5, 0.6) is 0 Å². The van der Waals surface area contributed by atoms with Crippen LogP contribution in [-0.2, 0) is 14.3 Å². The Morgan fingerprint density at radius 1 is 1.42 bits per heavy atom. The maximum Gasteiger partial charge on any atom is 0.313 e. The van der Waals surface area contributed by atoms with Gasteiger partial charge in [-0.05, 0) is 31.4 Å². The first kappa shape index (κ1) is 12.2. The second-order valence-corrected chi connectivity index (χ2v) is 5.47. The predicted octanol–water partition coefficient (Wildman–Crippen LogP) is 1.91. The van der Waals surface area contributed by atoms with E-state index in [1.807, 2.05) is 31.2 Å². The van der Waals surface area contributed by atoms with E-state index in [4.69, 9.17) is 4.74 Å². The van der Waals surface area contributed by atoms with Crippen LogP contribution in [0.15, 0.2) is 24.3 Å². The third-order valence-corrected chi connectivity index (χ3v) is 4.27. The number of rotatable bonds is 2. The van der Waals surface area contributed by atoms with Gasteiger partial charge in [-0.25, -0.2) is 0 Å². The fourth-order valence-corrected chi connectivity index (χ4v) is 3.40. The Hall–Kier alpha value is -1.84. The minimum Gasteiger partial charge on any atom is -0.466 e. The average Bonchev–Trinajstić information content (AvgIpc) is 2.39. The number of nitrogens with one attached hydrogen (secondary N) is 1. The number of hydrogen-bond acceptors (Lipinski definition) is 3. The molecule has 1 N–H and O–H groups in total. The van der Waals surface area contributed by atoms with E-state index >= 15 is 0 Å². The number of carbonyl (C=O) groups is 2. The third-order valence-electron chi connectivity index (χ3n) is 4.27. The van der Waals surface area contributed by atoms with Crippen LogP contribution in [0.4, 0.5) is 0 Å². The van der Waals surface area contributed by atoms with E-state index in [-0.39, 0.29) is 17.9 Å². The summed E-state index contributed by atoms with van der Waals surface area (Å²) in [6.45, 7) is 3.97. The molecule has 4 heteroatoms. The molecule has 2 bridgehead atoms. The molecule has 0 spiro atoms. The normalized spacial score (nSPS) is 31.6. The minimum absolute atomic E-state index is 0.0643. The van der Waals surface area contributed by atoms with Crippen LogP contribution in [0.3, 0.4) is 0 Å². The molecule has 4 nitrogen and oxygen atoms in total. The van der Waals surface area contributed by atoms with Gasteiger partial charge in [-0.1, -0.05) is 24.3 Å². The van der Waals surface area contributed by atoms with Crippen LogP contribution in [0.25, 0.3) is 0 Å². The molecule has 3 aliphatic rings. The Morgan fingerprint density at radius 2 is 2.11 bits per heavy atom. The van der Waals surface area contributed by atoms with Gasteiger partial charge in [-0.2, -0.15) is 0 Å². The van der Waals surface area contributed by atoms with Crippen molar-refractivity contribution < 1.29 is 14.3 Å². The number of ether oxygens (including phenoxy) is 1. The summed E-state index contributed by atoms with van der Waals surface area (Å²) < 4.78 is 5.18. The molecule has 1 amide bonds. The van der Waals surface area contributed by atoms with Gasteiger partial charge in [0.15, 0.2) is 0 Å². The number of esters is 1. The summed E-state index contributed by atoms with van der Waals surface area (Å²) in [5.41, 5.74) is 1.35. The van der Waals surface area contributed by atoms with Crippen LogP contribution in [-0.4, -0.2) is 18.5 Å². The Balaban J connectivity index is 2.10. The maximum absolute atomic E-state index is 12.3. The summed E-state index contributed by atoms with van der Waals surface area (Å²) in [5.74, 6) is -0.771. The number of amides is 1. The smallest absolute Gasteiger partial charge is 0.313 e. The summed E-state index contributed by atoms with van der Waals surface area (Å²) in [7, 11) is 0. The highest BCUT2D eigenvalue weighted by molar-refractivity contribution is 5.95. The molecular formula is C15H17NO3. The molecule has 4 rings (SSSR count). The van der Waals surface area contributed by atoms with Gasteiger partial charge in [0.2, 0.25) is 5.91 Å². The van der Waals surface area contributed by atoms with Gasteiger partial charge in [0.25, 0.3) is 0 Å². The first-order valence-corrected chi connectivity index (χ1v) is 6.64. The lowest BCUT2D eigenvalue weighted by molar-refractivity contribution is -0.162. The van der Waals surface area contributed by atoms with Crippen LogP contribution in [0, 0.1) is 5.41 Å². The fraction of sp³-hybridized carbons (Fsp3) is 0.467. The molecule has 1 saturated heterocycles. The third kappa shape index (κ3) is 1.59. The van der Waals surface area contributed by atoms with Gasteiger partial charge in [0, 0.05) is 0 Å². The highest BCUT2D eigenvalue weighted by atomic mass is 16.5. The molecule has 1 aromatic carbocycles. The topological polar surface area (TPSA) is 55.4 Å². The Morgan fingerprint density at radius 3 is 2.79 bits per heavy atom. The molecule has 1 aliphatic carbocycles. The van der Waals surface area contributed by atoms with Crippen molar-refractivity contribution in [2.75, 3.05) is 6.61 Å². The highest BCUT2D eigenvalue weighted by Gasteiger charge is 2.56. The first-order chi connectivity index (χ1) is 9.08. The van der Waals surface area contributed by atoms with E-state index in [2.05, 4.69) is 5.32 Å². The summed E-state index contributed by atoms with van der Waals surface area (Å²) in [6, 6.07) is 7.77. The number of benzene rings is 1. The molecule has 1 aromatic rings. The molecule has 100 valence electrons. The fourth-order valence-electron chi connectivity index (χ4n) is 3.40. The van der Waals surface area contributed by atoms with Crippen LogP contribution in [0.1, 0.15) is 43.4 Å². The van der Waals surface area contributed by atoms with Crippen molar-refractivity contribution in [3.8, 4) is 0 Å². The Labute approximate surface area is 112 Å². The van der Waals surface area contributed by atoms with Crippen molar-refractivity contribution in [2.45, 2.75) is 32.2 Å². The van der Waals surface area contributed by atoms with Crippen LogP contribution in [0.2, 0.25) is 0 Å². The number of piperidine rings is 1. The highest BCUT2D eigenvalue weighted by Crippen LogP contribution is 2.53. The number of fused-ring (bicyclic) bond motifs is 2. The second kappa shape index (κ2) is 4.08. The lowest BCUT2D eigenvalue weighted by atomic mass is 9.60. The SMILES string of the molecule is CCOC(=O)[C@]1(C)C[C@@H]2NC(=O)C1c1ccccc12. The summed E-state index contributed by atoms with van der Waals surface area (Å²) in [5, 5.41) is 2.98. The predicted molar refractivity (Wildman–Crippen MR) is 69.4 cm³/mol. The lowest BCUT2D eigenvalue weighted by Crippen LogP contribution is -2.55. The monoisotopic (exact) mass is 259 g/mol. The van der Waals surface area contributed by atoms with Crippen LogP contribution < -0.4 is 5.32 Å². The van der Waals surface area contributed by atoms with Gasteiger partial charge in [0.1, 0.15) is 0 Å². The zero-order chi connectivity index (χ0) is 13.6. The summed E-state index contributed by atoms with van der Waals surface area (Å²) in [4.78, 5) is 24.5. The zero-order valence-corrected chi connectivity index (χ0v) is 11.1. The Bertz CT molecular complexity index is 554. The molecule has 0 aromatic heterocycles. The average molecular weight is 259 g/mol. The van der Waals surface area contributed by atoms with Gasteiger partial charge >= 0.3 is 5.97 Å². The number of carbonyl (C=O) groups excluding carboxylic acids is 2. The molecule has 1 fully saturated rings. The number of hydrogen-bond donors (Lipinski definition) is 1. The van der Waals surface area contributed by atoms with Crippen molar-refractivity contribution in [1.29, 1.82) is 0 Å². The van der Waals surface area contributed by atoms with Crippen molar-refractivity contribution in [1.82, 2.24) is 5.32 Å². The largest absolute Gasteiger partial charge is 0.466 e. The molecule has 0 saturated carbocycles. The van der Waals surface area contributed by atoms with Gasteiger partial charge in [-0.3, -0.25) is 9.59 Å². The van der Waals surface area contributed by atoms with E-state index < -0.39 is 11.3 Å². The van der Waals surface area contributed by atoms with E-state index in [1.165, 1.54) is 0 Å². The van der Waals surface area contributed by atoms with Gasteiger partial charge in [-0.15, -0.1) is 0 Å². The quantitative estimate of drug-likeness (QED) is 0.825. The Kier molecular flexibility index (Phi) is 2.62. The summed E-state index contributed by atoms with van der Waals surface area (Å²) >= 11 is 0. The van der Waals surface area contributed by atoms with Gasteiger partial charge in [0.05, 0.1) is 24.0 Å². The van der Waals surface area contributed by atoms with Crippen molar-refractivity contribution in [3.05, 3.63) is 35.4 Å². The van der Waals surface area contributed by atoms with E-state index in [0.717, 1.165) is 11.1 Å². The zero-order valence-electron chi connectivity index (χ0n) is 11.1. The van der Waals surface area contributed by atoms with E-state index in [9.17, 15) is 9.59 Å². The molecule has 3 atom stereocenters.